The van der Waals surface area contributed by atoms with Crippen molar-refractivity contribution in [2.45, 2.75) is 19.4 Å². The highest BCUT2D eigenvalue weighted by atomic mass is 16.1. The summed E-state index contributed by atoms with van der Waals surface area (Å²) in [6, 6.07) is 19.6. The topological polar surface area (TPSA) is 48.0 Å². The van der Waals surface area contributed by atoms with Crippen molar-refractivity contribution >= 4 is 16.6 Å². The van der Waals surface area contributed by atoms with Gasteiger partial charge in [0.25, 0.3) is 5.56 Å². The minimum atomic E-state index is -0.0194. The molecule has 0 aliphatic rings. The average Bonchev–Trinajstić information content (AvgIpc) is 2.48. The van der Waals surface area contributed by atoms with Crippen molar-refractivity contribution in [1.82, 2.24) is 4.57 Å². The SMILES string of the molecule is CC(Cc1ccccc1)n1c(N)cc2ccccc2c1=O. The third-order valence-electron chi connectivity index (χ3n) is 3.81. The van der Waals surface area contributed by atoms with Gasteiger partial charge in [-0.15, -0.1) is 0 Å². The summed E-state index contributed by atoms with van der Waals surface area (Å²) in [6.45, 7) is 2.03. The maximum Gasteiger partial charge on any atom is 0.260 e. The quantitative estimate of drug-likeness (QED) is 0.798. The molecule has 3 nitrogen and oxygen atoms in total. The molecule has 1 heterocycles. The molecule has 0 aliphatic carbocycles. The van der Waals surface area contributed by atoms with E-state index in [2.05, 4.69) is 12.1 Å². The van der Waals surface area contributed by atoms with Gasteiger partial charge in [-0.1, -0.05) is 48.5 Å². The van der Waals surface area contributed by atoms with E-state index in [4.69, 9.17) is 5.73 Å². The number of aromatic nitrogens is 1. The van der Waals surface area contributed by atoms with Crippen LogP contribution in [0.1, 0.15) is 18.5 Å². The van der Waals surface area contributed by atoms with Gasteiger partial charge in [0.2, 0.25) is 0 Å². The molecule has 0 saturated heterocycles. The molecule has 3 rings (SSSR count). The van der Waals surface area contributed by atoms with Crippen molar-refractivity contribution in [3.63, 3.8) is 0 Å². The number of benzene rings is 2. The number of nitrogen functional groups attached to an aromatic ring is 1. The summed E-state index contributed by atoms with van der Waals surface area (Å²) in [6.07, 6.45) is 0.781. The van der Waals surface area contributed by atoms with Crippen molar-refractivity contribution in [2.24, 2.45) is 0 Å². The fourth-order valence-corrected chi connectivity index (χ4v) is 2.79. The standard InChI is InChI=1S/C18H18N2O/c1-13(11-14-7-3-2-4-8-14)20-17(19)12-15-9-5-6-10-16(15)18(20)21/h2-10,12-13H,11,19H2,1H3. The largest absolute Gasteiger partial charge is 0.385 e. The lowest BCUT2D eigenvalue weighted by Crippen LogP contribution is -2.27. The minimum absolute atomic E-state index is 0.0181. The summed E-state index contributed by atoms with van der Waals surface area (Å²) in [5.41, 5.74) is 7.28. The molecule has 1 atom stereocenters. The zero-order chi connectivity index (χ0) is 14.8. The van der Waals surface area contributed by atoms with E-state index in [0.29, 0.717) is 11.2 Å². The molecule has 1 aromatic heterocycles. The molecule has 0 bridgehead atoms. The van der Waals surface area contributed by atoms with E-state index in [0.717, 1.165) is 11.8 Å². The van der Waals surface area contributed by atoms with E-state index in [1.807, 2.05) is 55.5 Å². The molecule has 21 heavy (non-hydrogen) atoms. The van der Waals surface area contributed by atoms with E-state index < -0.39 is 0 Å². The molecule has 0 amide bonds. The Morgan fingerprint density at radius 2 is 1.71 bits per heavy atom. The Balaban J connectivity index is 2.05. The third-order valence-corrected chi connectivity index (χ3v) is 3.81. The van der Waals surface area contributed by atoms with E-state index in [1.54, 1.807) is 4.57 Å². The summed E-state index contributed by atoms with van der Waals surface area (Å²) >= 11 is 0. The first-order valence-electron chi connectivity index (χ1n) is 7.10. The summed E-state index contributed by atoms with van der Waals surface area (Å²) in [5, 5.41) is 1.61. The minimum Gasteiger partial charge on any atom is -0.385 e. The molecular formula is C18H18N2O. The van der Waals surface area contributed by atoms with Crippen molar-refractivity contribution < 1.29 is 0 Å². The van der Waals surface area contributed by atoms with Gasteiger partial charge in [-0.2, -0.15) is 0 Å². The van der Waals surface area contributed by atoms with E-state index >= 15 is 0 Å². The Morgan fingerprint density at radius 1 is 1.05 bits per heavy atom. The molecule has 3 aromatic rings. The Labute approximate surface area is 123 Å². The lowest BCUT2D eigenvalue weighted by atomic mass is 10.1. The summed E-state index contributed by atoms with van der Waals surface area (Å²) < 4.78 is 1.69. The van der Waals surface area contributed by atoms with Gasteiger partial charge in [-0.3, -0.25) is 9.36 Å². The zero-order valence-electron chi connectivity index (χ0n) is 12.0. The molecule has 1 unspecified atom stereocenters. The number of nitrogens with two attached hydrogens (primary N) is 1. The van der Waals surface area contributed by atoms with Crippen molar-refractivity contribution in [3.05, 3.63) is 76.6 Å². The molecule has 0 radical (unpaired) electrons. The van der Waals surface area contributed by atoms with Gasteiger partial charge < -0.3 is 5.73 Å². The van der Waals surface area contributed by atoms with Crippen molar-refractivity contribution in [2.75, 3.05) is 5.73 Å². The second-order valence-corrected chi connectivity index (χ2v) is 5.37. The highest BCUT2D eigenvalue weighted by molar-refractivity contribution is 5.83. The van der Waals surface area contributed by atoms with Gasteiger partial charge in [0.05, 0.1) is 0 Å². The summed E-state index contributed by atoms with van der Waals surface area (Å²) in [5.74, 6) is 0.516. The molecule has 2 N–H and O–H groups in total. The predicted molar refractivity (Wildman–Crippen MR) is 87.5 cm³/mol. The van der Waals surface area contributed by atoms with Gasteiger partial charge >= 0.3 is 0 Å². The predicted octanol–water partition coefficient (Wildman–Crippen LogP) is 3.39. The van der Waals surface area contributed by atoms with Gasteiger partial charge in [0, 0.05) is 11.4 Å². The number of hydrogen-bond acceptors (Lipinski definition) is 2. The van der Waals surface area contributed by atoms with Crippen LogP contribution < -0.4 is 11.3 Å². The van der Waals surface area contributed by atoms with Gasteiger partial charge in [0.1, 0.15) is 5.82 Å². The van der Waals surface area contributed by atoms with Crippen LogP contribution in [0.15, 0.2) is 65.5 Å². The van der Waals surface area contributed by atoms with Gasteiger partial charge in [-0.05, 0) is 36.4 Å². The van der Waals surface area contributed by atoms with Crippen LogP contribution in [0.25, 0.3) is 10.8 Å². The van der Waals surface area contributed by atoms with Crippen molar-refractivity contribution in [1.29, 1.82) is 0 Å². The molecule has 0 spiro atoms. The maximum atomic E-state index is 12.7. The smallest absolute Gasteiger partial charge is 0.260 e. The number of anilines is 1. The van der Waals surface area contributed by atoms with Crippen LogP contribution in [0, 0.1) is 0 Å². The summed E-state index contributed by atoms with van der Waals surface area (Å²) in [7, 11) is 0. The summed E-state index contributed by atoms with van der Waals surface area (Å²) in [4.78, 5) is 12.7. The normalized spacial score (nSPS) is 12.4. The number of rotatable bonds is 3. The van der Waals surface area contributed by atoms with Crippen LogP contribution >= 0.6 is 0 Å². The fourth-order valence-electron chi connectivity index (χ4n) is 2.79. The second-order valence-electron chi connectivity index (χ2n) is 5.37. The average molecular weight is 278 g/mol. The second kappa shape index (κ2) is 5.44. The fraction of sp³-hybridized carbons (Fsp3) is 0.167. The monoisotopic (exact) mass is 278 g/mol. The van der Waals surface area contributed by atoms with Crippen LogP contribution in [-0.2, 0) is 6.42 Å². The first-order valence-corrected chi connectivity index (χ1v) is 7.10. The Hall–Kier alpha value is -2.55. The molecule has 0 saturated carbocycles. The first-order chi connectivity index (χ1) is 10.2. The van der Waals surface area contributed by atoms with Crippen LogP contribution in [0.4, 0.5) is 5.82 Å². The highest BCUT2D eigenvalue weighted by Crippen LogP contribution is 2.19. The van der Waals surface area contributed by atoms with Gasteiger partial charge in [-0.25, -0.2) is 0 Å². The van der Waals surface area contributed by atoms with Gasteiger partial charge in [0.15, 0.2) is 0 Å². The third kappa shape index (κ3) is 2.55. The lowest BCUT2D eigenvalue weighted by Gasteiger charge is -2.18. The molecule has 0 fully saturated rings. The number of nitrogens with zero attached hydrogens (tertiary/aromatic N) is 1. The van der Waals surface area contributed by atoms with Crippen LogP contribution in [-0.4, -0.2) is 4.57 Å². The molecule has 0 aliphatic heterocycles. The number of hydrogen-bond donors (Lipinski definition) is 1. The molecule has 106 valence electrons. The Kier molecular flexibility index (Phi) is 3.48. The van der Waals surface area contributed by atoms with Crippen LogP contribution in [0.2, 0.25) is 0 Å². The molecule has 2 aromatic carbocycles. The number of fused-ring (bicyclic) bond motifs is 1. The molecular weight excluding hydrogens is 260 g/mol. The van der Waals surface area contributed by atoms with Crippen LogP contribution in [0.5, 0.6) is 0 Å². The first kappa shape index (κ1) is 13.4. The number of pyridine rings is 1. The maximum absolute atomic E-state index is 12.7. The molecule has 3 heteroatoms. The Morgan fingerprint density at radius 3 is 2.48 bits per heavy atom. The lowest BCUT2D eigenvalue weighted by molar-refractivity contribution is 0.538. The van der Waals surface area contributed by atoms with E-state index in [9.17, 15) is 4.79 Å². The van der Waals surface area contributed by atoms with Crippen LogP contribution in [0.3, 0.4) is 0 Å². The van der Waals surface area contributed by atoms with Crippen molar-refractivity contribution in [3.8, 4) is 0 Å². The highest BCUT2D eigenvalue weighted by Gasteiger charge is 2.13. The van der Waals surface area contributed by atoms with E-state index in [-0.39, 0.29) is 11.6 Å². The zero-order valence-corrected chi connectivity index (χ0v) is 12.0. The van der Waals surface area contributed by atoms with E-state index in [1.165, 1.54) is 5.56 Å². The Bertz CT molecular complexity index is 821.